The molecule has 0 saturated carbocycles. The molecular weight excluding hydrogens is 619 g/mol. The summed E-state index contributed by atoms with van der Waals surface area (Å²) in [5.74, 6) is -1.87. The number of carbonyl (C=O) groups is 2. The summed E-state index contributed by atoms with van der Waals surface area (Å²) in [6.07, 6.45) is -0.549. The smallest absolute Gasteiger partial charge is 0.407 e. The highest BCUT2D eigenvalue weighted by atomic mass is 32.2. The molecule has 3 rings (SSSR count). The SMILES string of the molecule is CC(C)(C)OC(=O)NC(Cc1ccccc1)C(CC(Cc1ccc(S(=O)(=O)c2ccccc2)cc1)C(=O)O)O[Si](C)(C)C(C)(C)C. The molecule has 3 aromatic rings. The van der Waals surface area contributed by atoms with Crippen LogP contribution in [0.3, 0.4) is 0 Å². The van der Waals surface area contributed by atoms with E-state index in [-0.39, 0.29) is 27.7 Å². The molecule has 0 bridgehead atoms. The Morgan fingerprint density at radius 1 is 0.783 bits per heavy atom. The second kappa shape index (κ2) is 15.0. The molecule has 3 unspecified atom stereocenters. The summed E-state index contributed by atoms with van der Waals surface area (Å²) >= 11 is 0. The number of sulfone groups is 1. The summed E-state index contributed by atoms with van der Waals surface area (Å²) in [4.78, 5) is 26.2. The molecule has 0 aromatic heterocycles. The number of aliphatic carboxylic acids is 1. The van der Waals surface area contributed by atoms with Crippen molar-refractivity contribution in [2.75, 3.05) is 0 Å². The fraction of sp³-hybridized carbons (Fsp3) is 0.444. The van der Waals surface area contributed by atoms with Crippen LogP contribution in [0.5, 0.6) is 0 Å². The maximum absolute atomic E-state index is 13.1. The Hall–Kier alpha value is -3.47. The Morgan fingerprint density at radius 2 is 1.28 bits per heavy atom. The number of hydrogen-bond acceptors (Lipinski definition) is 6. The first-order valence-electron chi connectivity index (χ1n) is 15.6. The molecule has 10 heteroatoms. The van der Waals surface area contributed by atoms with Crippen LogP contribution < -0.4 is 5.32 Å². The lowest BCUT2D eigenvalue weighted by molar-refractivity contribution is -0.142. The van der Waals surface area contributed by atoms with Crippen molar-refractivity contribution in [2.45, 2.75) is 106 Å². The number of nitrogens with one attached hydrogen (secondary N) is 1. The minimum atomic E-state index is -3.70. The van der Waals surface area contributed by atoms with Crippen molar-refractivity contribution in [1.82, 2.24) is 5.32 Å². The standard InChI is InChI=1S/C36H49NO7SSi/c1-35(2,3)43-34(40)37-31(24-26-15-11-9-12-16-26)32(44-46(7,8)36(4,5)6)25-28(33(38)39)23-27-19-21-30(22-20-27)45(41,42)29-17-13-10-14-18-29/h9-22,28,31-32H,23-25H2,1-8H3,(H,37,40)(H,38,39). The van der Waals surface area contributed by atoms with E-state index >= 15 is 0 Å². The molecule has 250 valence electrons. The highest BCUT2D eigenvalue weighted by Crippen LogP contribution is 2.39. The molecule has 0 aliphatic heterocycles. The van der Waals surface area contributed by atoms with Crippen LogP contribution in [0.15, 0.2) is 94.7 Å². The number of ether oxygens (including phenoxy) is 1. The predicted molar refractivity (Wildman–Crippen MR) is 183 cm³/mol. The van der Waals surface area contributed by atoms with E-state index in [1.165, 1.54) is 12.1 Å². The first kappa shape index (κ1) is 37.0. The third kappa shape index (κ3) is 10.5. The predicted octanol–water partition coefficient (Wildman–Crippen LogP) is 7.68. The minimum Gasteiger partial charge on any atom is -0.481 e. The monoisotopic (exact) mass is 667 g/mol. The molecule has 3 atom stereocenters. The van der Waals surface area contributed by atoms with Crippen LogP contribution in [0.25, 0.3) is 0 Å². The van der Waals surface area contributed by atoms with E-state index in [2.05, 4.69) is 39.2 Å². The van der Waals surface area contributed by atoms with Gasteiger partial charge in [-0.2, -0.15) is 0 Å². The van der Waals surface area contributed by atoms with Crippen LogP contribution in [-0.4, -0.2) is 51.7 Å². The number of benzene rings is 3. The summed E-state index contributed by atoms with van der Waals surface area (Å²) in [6, 6.07) is 23.7. The average molecular weight is 668 g/mol. The summed E-state index contributed by atoms with van der Waals surface area (Å²) in [6.45, 7) is 15.9. The summed E-state index contributed by atoms with van der Waals surface area (Å²) in [5.41, 5.74) is 0.931. The third-order valence-corrected chi connectivity index (χ3v) is 14.6. The largest absolute Gasteiger partial charge is 0.481 e. The molecule has 0 saturated heterocycles. The van der Waals surface area contributed by atoms with Gasteiger partial charge in [-0.25, -0.2) is 13.2 Å². The van der Waals surface area contributed by atoms with E-state index in [9.17, 15) is 23.1 Å². The molecule has 8 nitrogen and oxygen atoms in total. The number of alkyl carbamates (subject to hydrolysis) is 1. The van der Waals surface area contributed by atoms with Crippen molar-refractivity contribution < 1.29 is 32.3 Å². The Balaban J connectivity index is 1.96. The Morgan fingerprint density at radius 3 is 1.78 bits per heavy atom. The van der Waals surface area contributed by atoms with Crippen molar-refractivity contribution >= 4 is 30.2 Å². The van der Waals surface area contributed by atoms with Crippen molar-refractivity contribution in [3.05, 3.63) is 96.1 Å². The van der Waals surface area contributed by atoms with Gasteiger partial charge in [0.1, 0.15) is 5.60 Å². The highest BCUT2D eigenvalue weighted by molar-refractivity contribution is 7.91. The van der Waals surface area contributed by atoms with Gasteiger partial charge in [0.15, 0.2) is 8.32 Å². The summed E-state index contributed by atoms with van der Waals surface area (Å²) in [5, 5.41) is 13.3. The van der Waals surface area contributed by atoms with Crippen molar-refractivity contribution in [3.63, 3.8) is 0 Å². The lowest BCUT2D eigenvalue weighted by atomic mass is 9.89. The topological polar surface area (TPSA) is 119 Å². The van der Waals surface area contributed by atoms with Crippen LogP contribution >= 0.6 is 0 Å². The van der Waals surface area contributed by atoms with Crippen molar-refractivity contribution in [1.29, 1.82) is 0 Å². The zero-order chi connectivity index (χ0) is 34.3. The van der Waals surface area contributed by atoms with Gasteiger partial charge in [-0.3, -0.25) is 4.79 Å². The van der Waals surface area contributed by atoms with Crippen molar-refractivity contribution in [2.24, 2.45) is 5.92 Å². The van der Waals surface area contributed by atoms with E-state index in [4.69, 9.17) is 9.16 Å². The van der Waals surface area contributed by atoms with Crippen LogP contribution in [0, 0.1) is 5.92 Å². The molecule has 0 aliphatic rings. The molecule has 0 radical (unpaired) electrons. The normalized spacial score (nSPS) is 14.6. The summed E-state index contributed by atoms with van der Waals surface area (Å²) in [7, 11) is -6.16. The van der Waals surface area contributed by atoms with E-state index in [1.54, 1.807) is 63.2 Å². The maximum atomic E-state index is 13.1. The maximum Gasteiger partial charge on any atom is 0.407 e. The third-order valence-electron chi connectivity index (χ3n) is 8.34. The molecule has 0 aliphatic carbocycles. The van der Waals surface area contributed by atoms with Crippen LogP contribution in [0.4, 0.5) is 4.79 Å². The van der Waals surface area contributed by atoms with Gasteiger partial charge in [0.2, 0.25) is 9.84 Å². The lowest BCUT2D eigenvalue weighted by Gasteiger charge is -2.42. The first-order valence-corrected chi connectivity index (χ1v) is 20.0. The van der Waals surface area contributed by atoms with Gasteiger partial charge >= 0.3 is 12.1 Å². The fourth-order valence-electron chi connectivity index (χ4n) is 4.83. The number of rotatable bonds is 13. The zero-order valence-electron chi connectivity index (χ0n) is 28.2. The quantitative estimate of drug-likeness (QED) is 0.180. The van der Waals surface area contributed by atoms with E-state index in [1.807, 2.05) is 30.3 Å². The van der Waals surface area contributed by atoms with Gasteiger partial charge in [0.05, 0.1) is 27.9 Å². The highest BCUT2D eigenvalue weighted by Gasteiger charge is 2.42. The zero-order valence-corrected chi connectivity index (χ0v) is 30.1. The number of hydrogen-bond donors (Lipinski definition) is 2. The molecule has 3 aromatic carbocycles. The first-order chi connectivity index (χ1) is 21.3. The van der Waals surface area contributed by atoms with E-state index in [0.717, 1.165) is 5.56 Å². The number of amides is 1. The number of carboxylic acid groups (broad SMARTS) is 1. The van der Waals surface area contributed by atoms with Gasteiger partial charge in [-0.1, -0.05) is 81.4 Å². The van der Waals surface area contributed by atoms with Gasteiger partial charge in [0.25, 0.3) is 0 Å². The number of carbonyl (C=O) groups excluding carboxylic acids is 1. The van der Waals surface area contributed by atoms with Gasteiger partial charge in [-0.15, -0.1) is 0 Å². The minimum absolute atomic E-state index is 0.124. The molecule has 2 N–H and O–H groups in total. The second-order valence-corrected chi connectivity index (χ2v) is 21.0. The fourth-order valence-corrected chi connectivity index (χ4v) is 7.48. The molecule has 0 spiro atoms. The Bertz CT molecular complexity index is 1550. The van der Waals surface area contributed by atoms with Crippen molar-refractivity contribution in [3.8, 4) is 0 Å². The Kier molecular flexibility index (Phi) is 12.0. The molecular formula is C36H49NO7SSi. The molecule has 0 fully saturated rings. The Labute approximate surface area is 275 Å². The molecule has 46 heavy (non-hydrogen) atoms. The van der Waals surface area contributed by atoms with E-state index in [0.29, 0.717) is 12.0 Å². The molecule has 0 heterocycles. The second-order valence-electron chi connectivity index (χ2n) is 14.3. The van der Waals surface area contributed by atoms with Gasteiger partial charge in [0, 0.05) is 0 Å². The van der Waals surface area contributed by atoms with Crippen LogP contribution in [0.2, 0.25) is 18.1 Å². The van der Waals surface area contributed by atoms with Crippen LogP contribution in [0.1, 0.15) is 59.1 Å². The van der Waals surface area contributed by atoms with E-state index < -0.39 is 53.9 Å². The van der Waals surface area contributed by atoms with Gasteiger partial charge < -0.3 is 19.6 Å². The number of carboxylic acids is 1. The van der Waals surface area contributed by atoms with Gasteiger partial charge in [-0.05, 0) is 93.6 Å². The average Bonchev–Trinajstić information content (AvgIpc) is 2.95. The lowest BCUT2D eigenvalue weighted by Crippen LogP contribution is -2.54. The molecule has 1 amide bonds. The summed E-state index contributed by atoms with van der Waals surface area (Å²) < 4.78 is 38.7. The van der Waals surface area contributed by atoms with Crippen LogP contribution in [-0.2, 0) is 36.6 Å².